The van der Waals surface area contributed by atoms with Crippen LogP contribution in [0.15, 0.2) is 58.5 Å². The summed E-state index contributed by atoms with van der Waals surface area (Å²) in [7, 11) is 0. The fraction of sp³-hybridized carbons (Fsp3) is 0.348. The minimum atomic E-state index is -0.587. The fourth-order valence-corrected chi connectivity index (χ4v) is 3.79. The van der Waals surface area contributed by atoms with Crippen LogP contribution in [0.5, 0.6) is 5.75 Å². The summed E-state index contributed by atoms with van der Waals surface area (Å²) in [6, 6.07) is 13.9. The van der Waals surface area contributed by atoms with Crippen molar-refractivity contribution in [1.29, 1.82) is 0 Å². The number of halogens is 1. The lowest BCUT2D eigenvalue weighted by Gasteiger charge is -2.09. The number of anilines is 1. The molecule has 0 unspecified atom stereocenters. The Bertz CT molecular complexity index is 955. The third-order valence-corrected chi connectivity index (χ3v) is 5.31. The van der Waals surface area contributed by atoms with E-state index in [0.29, 0.717) is 11.7 Å². The SMILES string of the molecule is CCCCOc1ccc(C2=NC(C)(C)N=C2SCC(=O)Nc2ccccc2F)cc1. The quantitative estimate of drug-likeness (QED) is 0.581. The number of rotatable bonds is 8. The fourth-order valence-electron chi connectivity index (χ4n) is 2.86. The lowest BCUT2D eigenvalue weighted by molar-refractivity contribution is -0.113. The van der Waals surface area contributed by atoms with Crippen LogP contribution in [0, 0.1) is 5.82 Å². The second-order valence-corrected chi connectivity index (χ2v) is 8.38. The van der Waals surface area contributed by atoms with Crippen LogP contribution in [0.1, 0.15) is 39.2 Å². The first-order valence-corrected chi connectivity index (χ1v) is 11.0. The van der Waals surface area contributed by atoms with Gasteiger partial charge in [0.15, 0.2) is 0 Å². The van der Waals surface area contributed by atoms with Gasteiger partial charge in [-0.3, -0.25) is 9.79 Å². The van der Waals surface area contributed by atoms with Crippen LogP contribution in [0.4, 0.5) is 10.1 Å². The molecule has 5 nitrogen and oxygen atoms in total. The summed E-state index contributed by atoms with van der Waals surface area (Å²) in [6.45, 7) is 6.66. The Morgan fingerprint density at radius 2 is 1.87 bits per heavy atom. The van der Waals surface area contributed by atoms with Gasteiger partial charge in [-0.05, 0) is 56.7 Å². The van der Waals surface area contributed by atoms with Crippen molar-refractivity contribution >= 4 is 34.1 Å². The average Bonchev–Trinajstić information content (AvgIpc) is 3.03. The number of hydrogen-bond acceptors (Lipinski definition) is 5. The van der Waals surface area contributed by atoms with E-state index in [1.165, 1.54) is 23.9 Å². The van der Waals surface area contributed by atoms with Crippen molar-refractivity contribution in [1.82, 2.24) is 0 Å². The zero-order valence-corrected chi connectivity index (χ0v) is 18.3. The van der Waals surface area contributed by atoms with Gasteiger partial charge in [0.25, 0.3) is 0 Å². The van der Waals surface area contributed by atoms with Gasteiger partial charge in [-0.2, -0.15) is 0 Å². The molecule has 0 bridgehead atoms. The van der Waals surface area contributed by atoms with Crippen molar-refractivity contribution in [3.8, 4) is 5.75 Å². The van der Waals surface area contributed by atoms with Gasteiger partial charge in [-0.1, -0.05) is 37.2 Å². The Hall–Kier alpha value is -2.67. The van der Waals surface area contributed by atoms with Gasteiger partial charge in [0, 0.05) is 5.56 Å². The second kappa shape index (κ2) is 9.89. The van der Waals surface area contributed by atoms with E-state index < -0.39 is 11.5 Å². The Balaban J connectivity index is 1.65. The van der Waals surface area contributed by atoms with Gasteiger partial charge in [0.05, 0.1) is 23.8 Å². The zero-order valence-electron chi connectivity index (χ0n) is 17.4. The van der Waals surface area contributed by atoms with Crippen LogP contribution in [-0.2, 0) is 4.79 Å². The molecule has 0 aromatic heterocycles. The van der Waals surface area contributed by atoms with Crippen LogP contribution >= 0.6 is 11.8 Å². The molecule has 1 aliphatic rings. The molecule has 0 atom stereocenters. The molecule has 30 heavy (non-hydrogen) atoms. The molecular formula is C23H26FN3O2S. The van der Waals surface area contributed by atoms with E-state index in [2.05, 4.69) is 17.2 Å². The molecule has 0 aliphatic carbocycles. The molecule has 0 spiro atoms. The molecule has 0 saturated carbocycles. The number of benzene rings is 2. The van der Waals surface area contributed by atoms with E-state index in [1.807, 2.05) is 38.1 Å². The highest BCUT2D eigenvalue weighted by molar-refractivity contribution is 8.16. The first-order chi connectivity index (χ1) is 14.4. The van der Waals surface area contributed by atoms with Crippen molar-refractivity contribution in [3.05, 3.63) is 59.9 Å². The lowest BCUT2D eigenvalue weighted by Crippen LogP contribution is -2.18. The standard InChI is InChI=1S/C23H26FN3O2S/c1-4-5-14-29-17-12-10-16(11-13-17)21-22(27-23(2,3)26-21)30-15-20(28)25-19-9-7-6-8-18(19)24/h6-13H,4-5,14-15H2,1-3H3,(H,25,28). The Kier molecular flexibility index (Phi) is 7.26. The smallest absolute Gasteiger partial charge is 0.234 e. The van der Waals surface area contributed by atoms with Crippen molar-refractivity contribution < 1.29 is 13.9 Å². The predicted molar refractivity (Wildman–Crippen MR) is 122 cm³/mol. The number of nitrogens with one attached hydrogen (secondary N) is 1. The summed E-state index contributed by atoms with van der Waals surface area (Å²) < 4.78 is 19.5. The first-order valence-electron chi connectivity index (χ1n) is 9.98. The molecule has 158 valence electrons. The number of unbranched alkanes of at least 4 members (excludes halogenated alkanes) is 1. The highest BCUT2D eigenvalue weighted by atomic mass is 32.2. The summed E-state index contributed by atoms with van der Waals surface area (Å²) in [5.41, 5.74) is 1.26. The van der Waals surface area contributed by atoms with E-state index in [1.54, 1.807) is 12.1 Å². The number of para-hydroxylation sites is 1. The Labute approximate surface area is 180 Å². The van der Waals surface area contributed by atoms with Crippen LogP contribution < -0.4 is 10.1 Å². The maximum Gasteiger partial charge on any atom is 0.234 e. The topological polar surface area (TPSA) is 63.1 Å². The van der Waals surface area contributed by atoms with Gasteiger partial charge in [0.2, 0.25) is 5.91 Å². The molecule has 0 radical (unpaired) electrons. The molecular weight excluding hydrogens is 401 g/mol. The van der Waals surface area contributed by atoms with Gasteiger partial charge in [0.1, 0.15) is 22.3 Å². The molecule has 2 aromatic rings. The third kappa shape index (κ3) is 5.92. The number of aliphatic imine (C=N–C) groups is 2. The van der Waals surface area contributed by atoms with E-state index in [9.17, 15) is 9.18 Å². The van der Waals surface area contributed by atoms with Crippen molar-refractivity contribution in [2.24, 2.45) is 9.98 Å². The van der Waals surface area contributed by atoms with Gasteiger partial charge in [-0.25, -0.2) is 9.38 Å². The molecule has 3 rings (SSSR count). The number of amides is 1. The summed E-state index contributed by atoms with van der Waals surface area (Å²) >= 11 is 1.30. The van der Waals surface area contributed by atoms with Crippen LogP contribution in [0.2, 0.25) is 0 Å². The third-order valence-electron chi connectivity index (χ3n) is 4.35. The molecule has 1 heterocycles. The van der Waals surface area contributed by atoms with Crippen molar-refractivity contribution in [2.45, 2.75) is 39.3 Å². The summed E-state index contributed by atoms with van der Waals surface area (Å²) in [5.74, 6) is 0.177. The monoisotopic (exact) mass is 427 g/mol. The Morgan fingerprint density at radius 3 is 2.57 bits per heavy atom. The number of ether oxygens (including phenoxy) is 1. The van der Waals surface area contributed by atoms with Gasteiger partial charge >= 0.3 is 0 Å². The minimum absolute atomic E-state index is 0.112. The van der Waals surface area contributed by atoms with Crippen molar-refractivity contribution in [2.75, 3.05) is 17.7 Å². The van der Waals surface area contributed by atoms with E-state index >= 15 is 0 Å². The summed E-state index contributed by atoms with van der Waals surface area (Å²) in [4.78, 5) is 21.6. The molecule has 0 fully saturated rings. The summed E-state index contributed by atoms with van der Waals surface area (Å²) in [5, 5.41) is 3.29. The van der Waals surface area contributed by atoms with Gasteiger partial charge in [-0.15, -0.1) is 0 Å². The number of hydrogen-bond donors (Lipinski definition) is 1. The normalized spacial score (nSPS) is 14.8. The molecule has 1 amide bonds. The van der Waals surface area contributed by atoms with Crippen molar-refractivity contribution in [3.63, 3.8) is 0 Å². The van der Waals surface area contributed by atoms with Crippen LogP contribution in [0.3, 0.4) is 0 Å². The summed E-state index contributed by atoms with van der Waals surface area (Å²) in [6.07, 6.45) is 2.11. The molecule has 1 N–H and O–H groups in total. The zero-order chi connectivity index (χ0) is 21.6. The van der Waals surface area contributed by atoms with Crippen LogP contribution in [-0.4, -0.2) is 34.7 Å². The van der Waals surface area contributed by atoms with Crippen LogP contribution in [0.25, 0.3) is 0 Å². The molecule has 2 aromatic carbocycles. The maximum absolute atomic E-state index is 13.7. The van der Waals surface area contributed by atoms with E-state index in [4.69, 9.17) is 9.73 Å². The number of carbonyl (C=O) groups is 1. The number of nitrogens with zero attached hydrogens (tertiary/aromatic N) is 2. The maximum atomic E-state index is 13.7. The Morgan fingerprint density at radius 1 is 1.13 bits per heavy atom. The highest BCUT2D eigenvalue weighted by Gasteiger charge is 2.28. The number of carbonyl (C=O) groups excluding carboxylic acids is 1. The largest absolute Gasteiger partial charge is 0.494 e. The average molecular weight is 428 g/mol. The lowest BCUT2D eigenvalue weighted by atomic mass is 10.1. The van der Waals surface area contributed by atoms with Gasteiger partial charge < -0.3 is 10.1 Å². The minimum Gasteiger partial charge on any atom is -0.494 e. The van der Waals surface area contributed by atoms with E-state index in [0.717, 1.165) is 29.9 Å². The second-order valence-electron chi connectivity index (χ2n) is 7.41. The number of thioether (sulfide) groups is 1. The molecule has 7 heteroatoms. The van der Waals surface area contributed by atoms with E-state index in [-0.39, 0.29) is 17.3 Å². The predicted octanol–water partition coefficient (Wildman–Crippen LogP) is 5.31. The molecule has 1 aliphatic heterocycles. The first kappa shape index (κ1) is 22.0. The highest BCUT2D eigenvalue weighted by Crippen LogP contribution is 2.27. The molecule has 0 saturated heterocycles.